The zero-order valence-electron chi connectivity index (χ0n) is 75.8. The van der Waals surface area contributed by atoms with Gasteiger partial charge in [-0.25, -0.2) is 0 Å². The smallest absolute Gasteiger partial charge is 0.311 e. The van der Waals surface area contributed by atoms with Gasteiger partial charge in [0.25, 0.3) is 0 Å². The Balaban J connectivity index is 0.000000370. The molecule has 6 aliphatic heterocycles. The SMILES string of the molecule is CC[C@H]1OC(=O)[C@H](C)[C@@H](O[C@H]2CC(N(C)C)[C@H](O)C(C)O2)[C@H](C)[C@@H](O)[C@](C)(O)C[C@@H](C)C(=O)[C@H](C)[C@@H](O)[C@H]1C.CC[C@H]1OC(=O)[C@H](C)[C@@H](O[C@H]2CC(N(CC)CC)[C@H](O)C(C)O2)[C@H](C)[C@@H](O)[C@](C)(O)C[C@@H](C)C(=O)[C@H](C)[C@@H](O)[C@H]1C.CC[C@H]1OC(=O)[C@H](C)[C@@H](O[C@H]2CC(N)[C@H](O)C(C)O2)[C@H](C)[C@@H](O)[C@](C)(O)C[C@@H](C)C(=O)[C@H](C)[C@@H](O)[C@H]1C. The summed E-state index contributed by atoms with van der Waals surface area (Å²) in [5.74, 6) is -12.9. The van der Waals surface area contributed by atoms with E-state index < -0.39 is 258 Å². The van der Waals surface area contributed by atoms with Crippen LogP contribution in [0.2, 0.25) is 0 Å². The Labute approximate surface area is 697 Å². The topological polar surface area (TPSA) is 461 Å². The molecule has 30 heteroatoms. The standard InChI is InChI=1S/C31H57NO9.C29H53NO9.C27H49NO9/c1-11-23-17(5)26(34)18(6)25(33)16(4)15-31(10,38)29(36)19(7)28(20(8)30(37)40-23)41-24-14-22(32(12-2)13-3)27(35)21(9)39-24;1-11-21-15(3)24(32)16(4)23(31)14(2)13-29(8,36)27(34)17(5)26(18(6)28(35)38-21)39-22-12-20(30(9)10)25(33)19(7)37-22;1-9-19-13(3)22(30)14(4)21(29)12(2)11-27(8,34)25(32)15(5)24(16(6)26(33)36-19)37-20-10-18(28)23(31)17(7)35-20/h16-24,26-29,34-36,38H,11-15H2,1-10H3;14-22,24-27,32-34,36H,11-13H2,1-10H3;12-20,22-25,30-32,34H,9-11,28H2,1-8H3/t16-,17+,18+,19+,20-,21?,22?,23-,24+,26+,27-,28+,29-,31-;14-,15+,16+,17+,18-,19?,20?,21-,22+,24+,25-,26+,27-,29-;12-,13+,14+,15+,16-,17?,18?,19-,20+,22+,23-,24+,25-,27-/m111/s1. The number of aliphatic hydroxyl groups excluding tert-OH is 9. The summed E-state index contributed by atoms with van der Waals surface area (Å²) in [6.45, 7) is 46.0. The second kappa shape index (κ2) is 45.5. The zero-order chi connectivity index (χ0) is 89.8. The number of ketones is 3. The fourth-order valence-corrected chi connectivity index (χ4v) is 19.1. The van der Waals surface area contributed by atoms with Crippen LogP contribution in [0.1, 0.15) is 238 Å². The molecule has 42 atom stereocenters. The second-order valence-electron chi connectivity index (χ2n) is 37.2. The number of hydrogen-bond donors (Lipinski definition) is 13. The fourth-order valence-electron chi connectivity index (χ4n) is 19.1. The quantitative estimate of drug-likeness (QED) is 0.0809. The molecule has 0 aromatic carbocycles. The summed E-state index contributed by atoms with van der Waals surface area (Å²) < 4.78 is 54.5. The molecule has 6 fully saturated rings. The third-order valence-electron chi connectivity index (χ3n) is 27.4. The number of esters is 3. The van der Waals surface area contributed by atoms with Gasteiger partial charge in [-0.1, -0.05) is 118 Å². The number of aliphatic hydroxyl groups is 12. The van der Waals surface area contributed by atoms with Crippen LogP contribution in [0.5, 0.6) is 0 Å². The van der Waals surface area contributed by atoms with Crippen LogP contribution in [0, 0.1) is 88.8 Å². The van der Waals surface area contributed by atoms with Crippen LogP contribution >= 0.6 is 0 Å². The van der Waals surface area contributed by atoms with Crippen LogP contribution < -0.4 is 5.73 Å². The van der Waals surface area contributed by atoms with E-state index in [9.17, 15) is 90.0 Å². The van der Waals surface area contributed by atoms with Crippen molar-refractivity contribution in [2.45, 2.75) is 401 Å². The summed E-state index contributed by atoms with van der Waals surface area (Å²) in [4.78, 5) is 84.0. The minimum Gasteiger partial charge on any atom is -0.462 e. The van der Waals surface area contributed by atoms with Crippen LogP contribution in [0.15, 0.2) is 0 Å². The number of Topliss-reactive ketones (excluding diaryl/α,β-unsaturated/α-hetero) is 3. The Morgan fingerprint density at radius 3 is 0.863 bits per heavy atom. The zero-order valence-corrected chi connectivity index (χ0v) is 75.8. The van der Waals surface area contributed by atoms with E-state index in [0.717, 1.165) is 13.1 Å². The highest BCUT2D eigenvalue weighted by Gasteiger charge is 2.53. The number of cyclic esters (lactones) is 3. The van der Waals surface area contributed by atoms with Crippen molar-refractivity contribution in [2.24, 2.45) is 94.5 Å². The first-order valence-electron chi connectivity index (χ1n) is 43.6. The van der Waals surface area contributed by atoms with E-state index >= 15 is 0 Å². The largest absolute Gasteiger partial charge is 0.462 e. The van der Waals surface area contributed by atoms with Crippen molar-refractivity contribution >= 4 is 35.3 Å². The molecule has 6 saturated heterocycles. The number of hydrogen-bond acceptors (Lipinski definition) is 30. The van der Waals surface area contributed by atoms with Gasteiger partial charge in [0, 0.05) is 108 Å². The third kappa shape index (κ3) is 26.6. The predicted molar refractivity (Wildman–Crippen MR) is 436 cm³/mol. The van der Waals surface area contributed by atoms with Gasteiger partial charge < -0.3 is 115 Å². The van der Waals surface area contributed by atoms with Crippen LogP contribution in [0.3, 0.4) is 0 Å². The van der Waals surface area contributed by atoms with Crippen LogP contribution in [0.25, 0.3) is 0 Å². The molecular weight excluding hydrogens is 1520 g/mol. The summed E-state index contributed by atoms with van der Waals surface area (Å²) in [6, 6.07) is -1.06. The molecule has 14 N–H and O–H groups in total. The van der Waals surface area contributed by atoms with Gasteiger partial charge in [0.05, 0.1) is 126 Å². The van der Waals surface area contributed by atoms with Crippen molar-refractivity contribution in [3.8, 4) is 0 Å². The summed E-state index contributed by atoms with van der Waals surface area (Å²) >= 11 is 0. The molecule has 0 saturated carbocycles. The number of likely N-dealkylation sites (N-methyl/N-ethyl adjacent to an activating group) is 2. The molecule has 0 radical (unpaired) electrons. The minimum absolute atomic E-state index is 0.0290. The van der Waals surface area contributed by atoms with E-state index in [1.807, 2.05) is 53.6 Å². The number of carbonyl (C=O) groups excluding carboxylic acids is 6. The van der Waals surface area contributed by atoms with Gasteiger partial charge in [-0.2, -0.15) is 0 Å². The lowest BCUT2D eigenvalue weighted by Gasteiger charge is -2.45. The Morgan fingerprint density at radius 2 is 0.615 bits per heavy atom. The third-order valence-corrected chi connectivity index (χ3v) is 27.4. The van der Waals surface area contributed by atoms with Gasteiger partial charge >= 0.3 is 17.9 Å². The Bertz CT molecular complexity index is 3060. The first-order valence-corrected chi connectivity index (χ1v) is 43.6. The molecule has 0 aromatic heterocycles. The molecule has 0 aliphatic carbocycles. The molecule has 6 rings (SSSR count). The molecule has 6 aliphatic rings. The predicted octanol–water partition coefficient (Wildman–Crippen LogP) is 5.41. The lowest BCUT2D eigenvalue weighted by atomic mass is 9.75. The van der Waals surface area contributed by atoms with Crippen LogP contribution in [-0.2, 0) is 71.4 Å². The van der Waals surface area contributed by atoms with Gasteiger partial charge in [0.2, 0.25) is 0 Å². The first kappa shape index (κ1) is 106. The van der Waals surface area contributed by atoms with Crippen molar-refractivity contribution in [3.63, 3.8) is 0 Å². The van der Waals surface area contributed by atoms with Crippen LogP contribution in [0.4, 0.5) is 0 Å². The number of rotatable bonds is 13. The highest BCUT2D eigenvalue weighted by Crippen LogP contribution is 2.42. The molecule has 30 nitrogen and oxygen atoms in total. The van der Waals surface area contributed by atoms with Crippen molar-refractivity contribution in [1.82, 2.24) is 9.80 Å². The summed E-state index contributed by atoms with van der Waals surface area (Å²) in [5, 5.41) is 133. The van der Waals surface area contributed by atoms with Gasteiger partial charge in [-0.05, 0) is 128 Å². The molecule has 684 valence electrons. The van der Waals surface area contributed by atoms with Crippen molar-refractivity contribution < 1.29 is 133 Å². The van der Waals surface area contributed by atoms with Crippen molar-refractivity contribution in [3.05, 3.63) is 0 Å². The fraction of sp³-hybridized carbons (Fsp3) is 0.931. The Hall–Kier alpha value is -3.42. The number of carbonyl (C=O) groups is 6. The van der Waals surface area contributed by atoms with Crippen molar-refractivity contribution in [2.75, 3.05) is 27.2 Å². The van der Waals surface area contributed by atoms with E-state index in [2.05, 4.69) is 4.90 Å². The number of ether oxygens (including phenoxy) is 9. The van der Waals surface area contributed by atoms with Crippen molar-refractivity contribution in [1.29, 1.82) is 0 Å². The van der Waals surface area contributed by atoms with Gasteiger partial charge in [0.1, 0.15) is 35.7 Å². The molecule has 6 heterocycles. The van der Waals surface area contributed by atoms with E-state index in [1.165, 1.54) is 20.8 Å². The second-order valence-corrected chi connectivity index (χ2v) is 37.2. The molecule has 0 bridgehead atoms. The average Bonchev–Trinajstić information content (AvgIpc) is 0.797. The van der Waals surface area contributed by atoms with Gasteiger partial charge in [-0.15, -0.1) is 0 Å². The average molecular weight is 1680 g/mol. The summed E-state index contributed by atoms with van der Waals surface area (Å²) in [6.07, 6.45) is -16.2. The lowest BCUT2D eigenvalue weighted by molar-refractivity contribution is -0.270. The lowest BCUT2D eigenvalue weighted by Crippen LogP contribution is -2.57. The molecule has 117 heavy (non-hydrogen) atoms. The highest BCUT2D eigenvalue weighted by atomic mass is 16.7. The van der Waals surface area contributed by atoms with Gasteiger partial charge in [-0.3, -0.25) is 33.7 Å². The monoisotopic (exact) mass is 1680 g/mol. The Morgan fingerprint density at radius 1 is 0.368 bits per heavy atom. The normalized spacial score (nSPS) is 47.5. The van der Waals surface area contributed by atoms with Gasteiger partial charge in [0.15, 0.2) is 18.9 Å². The summed E-state index contributed by atoms with van der Waals surface area (Å²) in [5.41, 5.74) is 0.992. The minimum atomic E-state index is -1.70. The van der Waals surface area contributed by atoms with E-state index in [-0.39, 0.29) is 55.1 Å². The molecule has 0 amide bonds. The number of nitrogens with zero attached hydrogens (tertiary/aromatic N) is 2. The maximum atomic E-state index is 13.6. The van der Waals surface area contributed by atoms with E-state index in [4.69, 9.17) is 48.4 Å². The molecule has 0 aromatic rings. The maximum Gasteiger partial charge on any atom is 0.311 e. The summed E-state index contributed by atoms with van der Waals surface area (Å²) in [7, 11) is 3.72. The first-order chi connectivity index (χ1) is 54.0. The van der Waals surface area contributed by atoms with Crippen LogP contribution in [-0.4, -0.2) is 297 Å². The highest BCUT2D eigenvalue weighted by molar-refractivity contribution is 5.84. The van der Waals surface area contributed by atoms with E-state index in [0.29, 0.717) is 32.1 Å². The number of nitrogens with two attached hydrogens (primary N) is 1. The Kier molecular flexibility index (Phi) is 41.2. The molecule has 6 unspecified atom stereocenters. The maximum absolute atomic E-state index is 13.6. The molecular formula is C87H159N3O27. The molecule has 0 spiro atoms. The van der Waals surface area contributed by atoms with E-state index in [1.54, 1.807) is 125 Å².